The summed E-state index contributed by atoms with van der Waals surface area (Å²) in [5, 5.41) is 0. The van der Waals surface area contributed by atoms with E-state index in [-0.39, 0.29) is 11.8 Å². The molecule has 3 heterocycles. The van der Waals surface area contributed by atoms with E-state index in [0.717, 1.165) is 27.8 Å². The average Bonchev–Trinajstić information content (AvgIpc) is 3.19. The van der Waals surface area contributed by atoms with E-state index in [4.69, 9.17) is 9.97 Å². The first-order valence-electron chi connectivity index (χ1n) is 11.4. The van der Waals surface area contributed by atoms with Crippen molar-refractivity contribution in [3.05, 3.63) is 107 Å². The maximum atomic E-state index is 14.3. The van der Waals surface area contributed by atoms with Gasteiger partial charge in [0.2, 0.25) is 0 Å². The van der Waals surface area contributed by atoms with Crippen LogP contribution in [0.1, 0.15) is 33.6 Å². The van der Waals surface area contributed by atoms with Crippen molar-refractivity contribution >= 4 is 40.2 Å². The molecule has 1 atom stereocenters. The third kappa shape index (κ3) is 2.99. The Morgan fingerprint density at radius 3 is 2.00 bits per heavy atom. The lowest BCUT2D eigenvalue weighted by Gasteiger charge is -2.39. The first kappa shape index (κ1) is 21.1. The Balaban J connectivity index is 1.73. The Labute approximate surface area is 202 Å². The number of likely N-dealkylation sites (N-methyl/N-ethyl adjacent to an activating group) is 1. The van der Waals surface area contributed by atoms with Gasteiger partial charge in [-0.2, -0.15) is 0 Å². The Hall–Kier alpha value is -4.45. The van der Waals surface area contributed by atoms with Gasteiger partial charge in [-0.25, -0.2) is 15.0 Å². The van der Waals surface area contributed by atoms with Crippen molar-refractivity contribution in [2.45, 2.75) is 19.3 Å². The zero-order chi connectivity index (χ0) is 24.3. The first-order valence-corrected chi connectivity index (χ1v) is 11.4. The van der Waals surface area contributed by atoms with E-state index in [1.165, 1.54) is 11.9 Å². The summed E-state index contributed by atoms with van der Waals surface area (Å²) in [7, 11) is 1.52. The van der Waals surface area contributed by atoms with Gasteiger partial charge in [-0.3, -0.25) is 14.5 Å². The van der Waals surface area contributed by atoms with E-state index in [0.29, 0.717) is 28.1 Å². The SMILES string of the molecule is Cc1ccc(C2=CC(=O)N(C)C(=O)C23C(c2ccc(C)cc2)=Cc2nc4cccnc4nc23)cc1. The number of carbonyl (C=O) groups excluding carboxylic acids is 2. The molecule has 4 aromatic rings. The van der Waals surface area contributed by atoms with Crippen LogP contribution in [0.5, 0.6) is 0 Å². The second-order valence-electron chi connectivity index (χ2n) is 9.10. The molecule has 2 amide bonds. The number of rotatable bonds is 2. The van der Waals surface area contributed by atoms with E-state index in [1.54, 1.807) is 12.3 Å². The molecule has 0 N–H and O–H groups in total. The van der Waals surface area contributed by atoms with Crippen molar-refractivity contribution in [2.75, 3.05) is 7.05 Å². The van der Waals surface area contributed by atoms with Crippen molar-refractivity contribution in [3.63, 3.8) is 0 Å². The quantitative estimate of drug-likeness (QED) is 0.413. The summed E-state index contributed by atoms with van der Waals surface area (Å²) in [6.07, 6.45) is 5.16. The number of pyridine rings is 1. The zero-order valence-corrected chi connectivity index (χ0v) is 19.6. The lowest BCUT2D eigenvalue weighted by Crippen LogP contribution is -2.51. The van der Waals surface area contributed by atoms with E-state index in [1.807, 2.05) is 80.6 Å². The van der Waals surface area contributed by atoms with Crippen molar-refractivity contribution in [1.82, 2.24) is 19.9 Å². The third-order valence-corrected chi connectivity index (χ3v) is 6.86. The summed E-state index contributed by atoms with van der Waals surface area (Å²) >= 11 is 0. The highest BCUT2D eigenvalue weighted by Gasteiger charge is 2.57. The molecular weight excluding hydrogens is 436 g/mol. The standard InChI is InChI=1S/C29H22N4O2/c1-17-6-10-19(11-7-17)21-15-24-26(32-27-23(31-24)5-4-14-30-27)29(21)22(16-25(34)33(3)28(29)35)20-12-8-18(2)9-13-20/h4-16H,1-3H3. The van der Waals surface area contributed by atoms with Crippen LogP contribution in [-0.4, -0.2) is 38.7 Å². The molecule has 2 aromatic heterocycles. The van der Waals surface area contributed by atoms with Crippen LogP contribution < -0.4 is 0 Å². The van der Waals surface area contributed by atoms with Crippen LogP contribution in [0.3, 0.4) is 0 Å². The van der Waals surface area contributed by atoms with Crippen molar-refractivity contribution in [2.24, 2.45) is 0 Å². The lowest BCUT2D eigenvalue weighted by atomic mass is 9.66. The van der Waals surface area contributed by atoms with Gasteiger partial charge in [0.25, 0.3) is 11.8 Å². The van der Waals surface area contributed by atoms with Crippen molar-refractivity contribution < 1.29 is 9.59 Å². The Morgan fingerprint density at radius 1 is 0.771 bits per heavy atom. The normalized spacial score (nSPS) is 19.2. The molecule has 2 aliphatic rings. The van der Waals surface area contributed by atoms with Gasteiger partial charge in [0, 0.05) is 19.3 Å². The number of aromatic nitrogens is 3. The lowest BCUT2D eigenvalue weighted by molar-refractivity contribution is -0.142. The van der Waals surface area contributed by atoms with E-state index < -0.39 is 5.41 Å². The van der Waals surface area contributed by atoms with E-state index in [9.17, 15) is 9.59 Å². The Morgan fingerprint density at radius 2 is 1.37 bits per heavy atom. The van der Waals surface area contributed by atoms with Gasteiger partial charge in [0.15, 0.2) is 5.65 Å². The predicted octanol–water partition coefficient (Wildman–Crippen LogP) is 4.52. The average molecular weight is 459 g/mol. The molecule has 0 bridgehead atoms. The molecule has 0 saturated heterocycles. The molecule has 0 fully saturated rings. The van der Waals surface area contributed by atoms with Gasteiger partial charge in [-0.15, -0.1) is 0 Å². The molecule has 1 aliphatic heterocycles. The second kappa shape index (κ2) is 7.53. The van der Waals surface area contributed by atoms with Crippen LogP contribution in [0.25, 0.3) is 28.4 Å². The number of amides is 2. The Kier molecular flexibility index (Phi) is 4.54. The smallest absolute Gasteiger partial charge is 0.253 e. The summed E-state index contributed by atoms with van der Waals surface area (Å²) in [5.74, 6) is -0.712. The minimum atomic E-state index is -1.33. The minimum absolute atomic E-state index is 0.351. The third-order valence-electron chi connectivity index (χ3n) is 6.86. The fourth-order valence-corrected chi connectivity index (χ4v) is 5.01. The molecule has 6 nitrogen and oxygen atoms in total. The fourth-order valence-electron chi connectivity index (χ4n) is 5.01. The minimum Gasteiger partial charge on any atom is -0.281 e. The van der Waals surface area contributed by atoms with E-state index >= 15 is 0 Å². The molecule has 0 radical (unpaired) electrons. The second-order valence-corrected chi connectivity index (χ2v) is 9.10. The molecule has 170 valence electrons. The zero-order valence-electron chi connectivity index (χ0n) is 19.6. The van der Waals surface area contributed by atoms with Crippen LogP contribution in [0.15, 0.2) is 72.9 Å². The first-order chi connectivity index (χ1) is 16.9. The molecule has 6 rings (SSSR count). The number of benzene rings is 2. The predicted molar refractivity (Wildman–Crippen MR) is 135 cm³/mol. The molecule has 6 heteroatoms. The van der Waals surface area contributed by atoms with Gasteiger partial charge in [-0.05, 0) is 54.3 Å². The summed E-state index contributed by atoms with van der Waals surface area (Å²) in [5.41, 5.74) is 6.09. The molecule has 2 aromatic carbocycles. The number of carbonyl (C=O) groups is 2. The molecule has 1 spiro atoms. The summed E-state index contributed by atoms with van der Waals surface area (Å²) in [4.78, 5) is 42.6. The summed E-state index contributed by atoms with van der Waals surface area (Å²) < 4.78 is 0. The Bertz CT molecular complexity index is 1600. The van der Waals surface area contributed by atoms with Crippen molar-refractivity contribution in [3.8, 4) is 0 Å². The van der Waals surface area contributed by atoms with Crippen LogP contribution in [0, 0.1) is 13.8 Å². The number of fused-ring (bicyclic) bond motifs is 3. The van der Waals surface area contributed by atoms with Crippen LogP contribution in [-0.2, 0) is 15.0 Å². The maximum Gasteiger partial charge on any atom is 0.253 e. The van der Waals surface area contributed by atoms with Gasteiger partial charge in [-0.1, -0.05) is 59.7 Å². The molecule has 1 aliphatic carbocycles. The molecular formula is C29H22N4O2. The van der Waals surface area contributed by atoms with Crippen LogP contribution in [0.4, 0.5) is 0 Å². The number of nitrogens with zero attached hydrogens (tertiary/aromatic N) is 4. The highest BCUT2D eigenvalue weighted by molar-refractivity contribution is 6.27. The summed E-state index contributed by atoms with van der Waals surface area (Å²) in [6, 6.07) is 19.6. The molecule has 1 unspecified atom stereocenters. The summed E-state index contributed by atoms with van der Waals surface area (Å²) in [6.45, 7) is 4.03. The van der Waals surface area contributed by atoms with E-state index in [2.05, 4.69) is 4.98 Å². The highest BCUT2D eigenvalue weighted by atomic mass is 16.2. The fraction of sp³-hybridized carbons (Fsp3) is 0.138. The largest absolute Gasteiger partial charge is 0.281 e. The molecule has 35 heavy (non-hydrogen) atoms. The topological polar surface area (TPSA) is 76.1 Å². The maximum absolute atomic E-state index is 14.3. The monoisotopic (exact) mass is 458 g/mol. The molecule has 0 saturated carbocycles. The van der Waals surface area contributed by atoms with Gasteiger partial charge in [0.1, 0.15) is 10.9 Å². The van der Waals surface area contributed by atoms with Crippen molar-refractivity contribution in [1.29, 1.82) is 0 Å². The van der Waals surface area contributed by atoms with Crippen LogP contribution >= 0.6 is 0 Å². The highest BCUT2D eigenvalue weighted by Crippen LogP contribution is 2.55. The number of hydrogen-bond acceptors (Lipinski definition) is 5. The van der Waals surface area contributed by atoms with Gasteiger partial charge < -0.3 is 0 Å². The van der Waals surface area contributed by atoms with Crippen LogP contribution in [0.2, 0.25) is 0 Å². The number of imide groups is 1. The van der Waals surface area contributed by atoms with Gasteiger partial charge in [0.05, 0.1) is 11.4 Å². The number of hydrogen-bond donors (Lipinski definition) is 0. The number of aryl methyl sites for hydroxylation is 2. The van der Waals surface area contributed by atoms with Gasteiger partial charge >= 0.3 is 0 Å².